The van der Waals surface area contributed by atoms with E-state index in [1.807, 2.05) is 48.5 Å². The van der Waals surface area contributed by atoms with Crippen LogP contribution < -0.4 is 0 Å². The molecule has 5 heteroatoms. The third-order valence-corrected chi connectivity index (χ3v) is 9.96. The molecule has 10 rings (SSSR count). The fourth-order valence-corrected chi connectivity index (χ4v) is 7.72. The van der Waals surface area contributed by atoms with Gasteiger partial charge < -0.3 is 4.57 Å². The maximum absolute atomic E-state index is 8.71. The van der Waals surface area contributed by atoms with Gasteiger partial charge in [-0.15, -0.1) is 11.3 Å². The Morgan fingerprint density at radius 1 is 0.420 bits per heavy atom. The summed E-state index contributed by atoms with van der Waals surface area (Å²) in [6.07, 6.45) is 0. The molecule has 3 aromatic heterocycles. The lowest BCUT2D eigenvalue weighted by molar-refractivity contribution is 1.07. The van der Waals surface area contributed by atoms with E-state index in [1.54, 1.807) is 17.4 Å². The second-order valence-corrected chi connectivity index (χ2v) is 12.8. The van der Waals surface area contributed by atoms with Crippen LogP contribution in [0.2, 0.25) is 0 Å². The van der Waals surface area contributed by atoms with E-state index < -0.39 is 60.4 Å². The van der Waals surface area contributed by atoms with Gasteiger partial charge in [-0.3, -0.25) is 0 Å². The summed E-state index contributed by atoms with van der Waals surface area (Å²) >= 11 is 1.76. The molecule has 7 aromatic carbocycles. The number of nitrogens with zero attached hydrogens (tertiary/aromatic N) is 4. The SMILES string of the molecule is [2H]c1c([2H])c([2H])c(-c2nc(-c3ccc4c5ccccc5n(-c5cccc(-c6ccc7c(c6)sc6ccccc67)c5)c4c3)nc(-c3c([2H])c([2H])c([2H])c([2H])c3[2H])n2)c([2H])c1[2H]. The summed E-state index contributed by atoms with van der Waals surface area (Å²) in [5.74, 6) is -0.636. The molecule has 0 aliphatic heterocycles. The number of hydrogen-bond donors (Lipinski definition) is 0. The molecule has 0 aliphatic rings. The average molecular weight is 667 g/mol. The van der Waals surface area contributed by atoms with Gasteiger partial charge in [0, 0.05) is 53.3 Å². The van der Waals surface area contributed by atoms with Crippen LogP contribution in [0.25, 0.3) is 93.0 Å². The zero-order chi connectivity index (χ0) is 41.7. The topological polar surface area (TPSA) is 43.6 Å². The molecule has 4 nitrogen and oxygen atoms in total. The predicted molar refractivity (Wildman–Crippen MR) is 209 cm³/mol. The van der Waals surface area contributed by atoms with E-state index in [9.17, 15) is 0 Å². The second kappa shape index (κ2) is 11.6. The fourth-order valence-electron chi connectivity index (χ4n) is 6.57. The lowest BCUT2D eigenvalue weighted by Crippen LogP contribution is -2.00. The first-order valence-corrected chi connectivity index (χ1v) is 16.7. The van der Waals surface area contributed by atoms with Crippen molar-refractivity contribution >= 4 is 53.3 Å². The quantitative estimate of drug-likeness (QED) is 0.184. The number of aromatic nitrogens is 4. The van der Waals surface area contributed by atoms with Gasteiger partial charge in [-0.25, -0.2) is 15.0 Å². The molecule has 0 aliphatic carbocycles. The minimum absolute atomic E-state index is 0.00211. The highest BCUT2D eigenvalue weighted by Gasteiger charge is 2.17. The van der Waals surface area contributed by atoms with Gasteiger partial charge in [0.2, 0.25) is 0 Å². The Bertz CT molecular complexity index is 3330. The van der Waals surface area contributed by atoms with E-state index in [0.717, 1.165) is 38.6 Å². The first kappa shape index (κ1) is 20.2. The normalized spacial score (nSPS) is 14.4. The first-order chi connectivity index (χ1) is 28.9. The van der Waals surface area contributed by atoms with Gasteiger partial charge in [0.1, 0.15) is 0 Å². The summed E-state index contributed by atoms with van der Waals surface area (Å²) in [6, 6.07) is 31.0. The van der Waals surface area contributed by atoms with Crippen molar-refractivity contribution in [2.45, 2.75) is 0 Å². The van der Waals surface area contributed by atoms with Crippen LogP contribution in [-0.4, -0.2) is 19.5 Å². The Balaban J connectivity index is 1.19. The van der Waals surface area contributed by atoms with Gasteiger partial charge in [0.05, 0.1) is 24.7 Å². The summed E-state index contributed by atoms with van der Waals surface area (Å²) in [7, 11) is 0. The van der Waals surface area contributed by atoms with E-state index in [-0.39, 0.29) is 28.6 Å². The van der Waals surface area contributed by atoms with Gasteiger partial charge in [-0.05, 0) is 47.5 Å². The predicted octanol–water partition coefficient (Wildman–Crippen LogP) is 12.0. The molecule has 0 saturated heterocycles. The van der Waals surface area contributed by atoms with Crippen LogP contribution in [0.5, 0.6) is 0 Å². The Labute approximate surface area is 306 Å². The maximum Gasteiger partial charge on any atom is 0.164 e. The highest BCUT2D eigenvalue weighted by Crippen LogP contribution is 2.38. The lowest BCUT2D eigenvalue weighted by atomic mass is 10.0. The van der Waals surface area contributed by atoms with Crippen LogP contribution >= 0.6 is 11.3 Å². The number of para-hydroxylation sites is 1. The van der Waals surface area contributed by atoms with Gasteiger partial charge >= 0.3 is 0 Å². The first-order valence-electron chi connectivity index (χ1n) is 20.9. The number of benzene rings is 7. The van der Waals surface area contributed by atoms with Crippen molar-refractivity contribution in [1.29, 1.82) is 0 Å². The molecule has 0 spiro atoms. The van der Waals surface area contributed by atoms with Crippen LogP contribution in [-0.2, 0) is 0 Å². The third-order valence-electron chi connectivity index (χ3n) is 8.83. The summed E-state index contributed by atoms with van der Waals surface area (Å²) in [5, 5.41) is 4.37. The molecule has 234 valence electrons. The van der Waals surface area contributed by atoms with Gasteiger partial charge in [-0.1, -0.05) is 133 Å². The second-order valence-electron chi connectivity index (χ2n) is 11.8. The Kier molecular flexibility index (Phi) is 4.69. The molecule has 0 amide bonds. The average Bonchev–Trinajstić information content (AvgIpc) is 3.81. The summed E-state index contributed by atoms with van der Waals surface area (Å²) in [6.45, 7) is 0. The van der Waals surface area contributed by atoms with Crippen LogP contribution in [0.15, 0.2) is 170 Å². The Hall–Kier alpha value is -6.43. The smallest absolute Gasteiger partial charge is 0.164 e. The van der Waals surface area contributed by atoms with E-state index in [4.69, 9.17) is 13.7 Å². The van der Waals surface area contributed by atoms with E-state index in [2.05, 4.69) is 74.1 Å². The number of hydrogen-bond acceptors (Lipinski definition) is 4. The van der Waals surface area contributed by atoms with Crippen LogP contribution in [0, 0.1) is 0 Å². The maximum atomic E-state index is 8.71. The van der Waals surface area contributed by atoms with E-state index >= 15 is 0 Å². The van der Waals surface area contributed by atoms with E-state index in [0.29, 0.717) is 5.56 Å². The minimum atomic E-state index is -0.603. The minimum Gasteiger partial charge on any atom is -0.309 e. The van der Waals surface area contributed by atoms with Crippen LogP contribution in [0.4, 0.5) is 0 Å². The van der Waals surface area contributed by atoms with Gasteiger partial charge in [0.25, 0.3) is 0 Å². The van der Waals surface area contributed by atoms with Crippen LogP contribution in [0.3, 0.4) is 0 Å². The lowest BCUT2D eigenvalue weighted by Gasteiger charge is -2.12. The highest BCUT2D eigenvalue weighted by atomic mass is 32.1. The van der Waals surface area contributed by atoms with E-state index in [1.165, 1.54) is 20.2 Å². The van der Waals surface area contributed by atoms with Gasteiger partial charge in [-0.2, -0.15) is 0 Å². The van der Waals surface area contributed by atoms with Crippen molar-refractivity contribution in [3.8, 4) is 51.0 Å². The molecule has 0 unspecified atom stereocenters. The van der Waals surface area contributed by atoms with Crippen molar-refractivity contribution < 1.29 is 13.7 Å². The molecule has 0 atom stereocenters. The molecule has 10 aromatic rings. The summed E-state index contributed by atoms with van der Waals surface area (Å²) in [4.78, 5) is 13.8. The molecule has 0 saturated carbocycles. The third kappa shape index (κ3) is 4.79. The fraction of sp³-hybridized carbons (Fsp3) is 0. The largest absolute Gasteiger partial charge is 0.309 e. The Morgan fingerprint density at radius 3 is 1.76 bits per heavy atom. The standard InChI is InChI=1S/C45H28N4S/c1-3-12-29(13-4-1)43-46-44(30-14-5-2-6-15-30)48-45(47-43)33-23-24-36-35-18-7-9-20-39(35)49(40(36)27-33)34-17-11-16-31(26-34)32-22-25-38-37-19-8-10-21-41(37)50-42(38)28-32/h1-28H/i1D,2D,3D,4D,5D,6D,12D,13D,14D,15D. The van der Waals surface area contributed by atoms with Crippen LogP contribution in [0.1, 0.15) is 13.7 Å². The Morgan fingerprint density at radius 2 is 1.00 bits per heavy atom. The zero-order valence-electron chi connectivity index (χ0n) is 36.1. The zero-order valence-corrected chi connectivity index (χ0v) is 26.9. The van der Waals surface area contributed by atoms with Crippen molar-refractivity contribution in [2.75, 3.05) is 0 Å². The van der Waals surface area contributed by atoms with Crippen molar-refractivity contribution in [3.05, 3.63) is 170 Å². The molecular weight excluding hydrogens is 629 g/mol. The molecule has 0 N–H and O–H groups in total. The molecule has 3 heterocycles. The number of fused-ring (bicyclic) bond motifs is 6. The molecule has 0 bridgehead atoms. The molecule has 0 fully saturated rings. The monoisotopic (exact) mass is 666 g/mol. The summed E-state index contributed by atoms with van der Waals surface area (Å²) in [5.41, 5.74) is 4.53. The van der Waals surface area contributed by atoms with Gasteiger partial charge in [0.15, 0.2) is 17.5 Å². The number of thiophene rings is 1. The molecular formula is C45H28N4S. The van der Waals surface area contributed by atoms with Crippen molar-refractivity contribution in [1.82, 2.24) is 19.5 Å². The summed E-state index contributed by atoms with van der Waals surface area (Å²) < 4.78 is 89.0. The van der Waals surface area contributed by atoms with Crippen molar-refractivity contribution in [3.63, 3.8) is 0 Å². The van der Waals surface area contributed by atoms with Crippen molar-refractivity contribution in [2.24, 2.45) is 0 Å². The molecule has 50 heavy (non-hydrogen) atoms. The molecule has 0 radical (unpaired) electrons. The number of rotatable bonds is 5. The highest BCUT2D eigenvalue weighted by molar-refractivity contribution is 7.25.